The van der Waals surface area contributed by atoms with Crippen LogP contribution in [0.4, 0.5) is 22.0 Å². The number of halogens is 5. The highest BCUT2D eigenvalue weighted by molar-refractivity contribution is 5.84. The first-order valence-corrected chi connectivity index (χ1v) is 3.83. The van der Waals surface area contributed by atoms with Crippen LogP contribution in [0.3, 0.4) is 0 Å². The molecule has 15 heavy (non-hydrogen) atoms. The maximum Gasteiger partial charge on any atom is 0.463 e. The zero-order valence-corrected chi connectivity index (χ0v) is 7.95. The molecule has 0 radical (unpaired) electrons. The highest BCUT2D eigenvalue weighted by Crippen LogP contribution is 2.35. The topological polar surface area (TPSA) is 49.3 Å². The molecule has 0 aliphatic carbocycles. The largest absolute Gasteiger partial charge is 0.463 e. The fourth-order valence-corrected chi connectivity index (χ4v) is 0.536. The lowest BCUT2D eigenvalue weighted by Crippen LogP contribution is -2.52. The van der Waals surface area contributed by atoms with Gasteiger partial charge in [-0.15, -0.1) is 0 Å². The second-order valence-corrected chi connectivity index (χ2v) is 3.57. The van der Waals surface area contributed by atoms with Gasteiger partial charge in [0.25, 0.3) is 5.91 Å². The van der Waals surface area contributed by atoms with Crippen LogP contribution in [0.1, 0.15) is 13.8 Å². The molecule has 2 N–H and O–H groups in total. The molecule has 0 aromatic carbocycles. The third-order valence-corrected chi connectivity index (χ3v) is 1.32. The van der Waals surface area contributed by atoms with E-state index in [0.717, 1.165) is 13.8 Å². The highest BCUT2D eigenvalue weighted by Gasteiger charge is 2.63. The van der Waals surface area contributed by atoms with E-state index in [1.54, 1.807) is 0 Å². The highest BCUT2D eigenvalue weighted by atomic mass is 19.4. The van der Waals surface area contributed by atoms with E-state index in [9.17, 15) is 26.7 Å². The van der Waals surface area contributed by atoms with E-state index < -0.39 is 30.2 Å². The molecule has 0 heterocycles. The predicted molar refractivity (Wildman–Crippen MR) is 40.3 cm³/mol. The van der Waals surface area contributed by atoms with Gasteiger partial charge in [-0.1, -0.05) is 0 Å². The van der Waals surface area contributed by atoms with Crippen molar-refractivity contribution in [1.82, 2.24) is 5.32 Å². The molecule has 3 nitrogen and oxygen atoms in total. The molecule has 0 bridgehead atoms. The smallest absolute Gasteiger partial charge is 0.389 e. The van der Waals surface area contributed by atoms with Crippen molar-refractivity contribution < 1.29 is 31.9 Å². The number of aliphatic hydroxyl groups is 1. The van der Waals surface area contributed by atoms with Gasteiger partial charge in [-0.2, -0.15) is 22.0 Å². The number of hydrogen-bond donors (Lipinski definition) is 2. The second-order valence-electron chi connectivity index (χ2n) is 3.57. The third-order valence-electron chi connectivity index (χ3n) is 1.32. The minimum Gasteiger partial charge on any atom is -0.389 e. The summed E-state index contributed by atoms with van der Waals surface area (Å²) in [5.74, 6) is -7.92. The molecule has 0 saturated carbocycles. The average molecular weight is 235 g/mol. The van der Waals surface area contributed by atoms with Gasteiger partial charge < -0.3 is 10.4 Å². The van der Waals surface area contributed by atoms with Crippen LogP contribution >= 0.6 is 0 Å². The standard InChI is InChI=1S/C7H10F5NO2/c1-5(2,15)3-13-4(14)6(8,9)7(10,11)12/h15H,3H2,1-2H3,(H,13,14). The van der Waals surface area contributed by atoms with Crippen LogP contribution in [0, 0.1) is 0 Å². The van der Waals surface area contributed by atoms with Crippen molar-refractivity contribution in [3.8, 4) is 0 Å². The number of nitrogens with one attached hydrogen (secondary N) is 1. The molecule has 0 aromatic rings. The van der Waals surface area contributed by atoms with E-state index >= 15 is 0 Å². The van der Waals surface area contributed by atoms with E-state index in [4.69, 9.17) is 5.11 Å². The minimum absolute atomic E-state index is 0.697. The molecular weight excluding hydrogens is 225 g/mol. The predicted octanol–water partition coefficient (Wildman–Crippen LogP) is 1.07. The number of hydrogen-bond acceptors (Lipinski definition) is 2. The molecule has 0 fully saturated rings. The molecule has 0 rings (SSSR count). The van der Waals surface area contributed by atoms with Gasteiger partial charge in [-0.05, 0) is 13.8 Å². The summed E-state index contributed by atoms with van der Waals surface area (Å²) in [5.41, 5.74) is -1.56. The van der Waals surface area contributed by atoms with Gasteiger partial charge in [0.1, 0.15) is 0 Å². The Bertz CT molecular complexity index is 243. The monoisotopic (exact) mass is 235 g/mol. The Morgan fingerprint density at radius 3 is 1.87 bits per heavy atom. The summed E-state index contributed by atoms with van der Waals surface area (Å²) in [6.45, 7) is 1.61. The SMILES string of the molecule is CC(C)(O)CNC(=O)C(F)(F)C(F)(F)F. The molecule has 8 heteroatoms. The molecule has 0 atom stereocenters. The fraction of sp³-hybridized carbons (Fsp3) is 0.857. The Hall–Kier alpha value is -0.920. The van der Waals surface area contributed by atoms with Crippen molar-refractivity contribution in [2.45, 2.75) is 31.5 Å². The van der Waals surface area contributed by atoms with E-state index in [1.807, 2.05) is 0 Å². The van der Waals surface area contributed by atoms with E-state index in [0.29, 0.717) is 0 Å². The average Bonchev–Trinajstić information content (AvgIpc) is 1.96. The maximum atomic E-state index is 12.3. The van der Waals surface area contributed by atoms with E-state index in [2.05, 4.69) is 0 Å². The Balaban J connectivity index is 4.47. The first kappa shape index (κ1) is 14.1. The van der Waals surface area contributed by atoms with Crippen molar-refractivity contribution >= 4 is 5.91 Å². The minimum atomic E-state index is -5.93. The Morgan fingerprint density at radius 1 is 1.20 bits per heavy atom. The lowest BCUT2D eigenvalue weighted by atomic mass is 10.1. The van der Waals surface area contributed by atoms with Gasteiger partial charge in [0, 0.05) is 6.54 Å². The summed E-state index contributed by atoms with van der Waals surface area (Å²) in [7, 11) is 0. The van der Waals surface area contributed by atoms with Crippen LogP contribution in [-0.2, 0) is 4.79 Å². The van der Waals surface area contributed by atoms with Crippen LogP contribution < -0.4 is 5.32 Å². The molecule has 0 saturated heterocycles. The summed E-state index contributed by atoms with van der Waals surface area (Å²) >= 11 is 0. The van der Waals surface area contributed by atoms with Crippen molar-refractivity contribution in [2.24, 2.45) is 0 Å². The number of carbonyl (C=O) groups is 1. The molecule has 0 aliphatic rings. The Labute approximate surface area is 82.3 Å². The van der Waals surface area contributed by atoms with Crippen LogP contribution in [0.15, 0.2) is 0 Å². The summed E-state index contributed by atoms with van der Waals surface area (Å²) in [6, 6.07) is 0. The molecule has 1 amide bonds. The molecular formula is C7H10F5NO2. The van der Waals surface area contributed by atoms with Crippen LogP contribution in [0.5, 0.6) is 0 Å². The van der Waals surface area contributed by atoms with Gasteiger partial charge in [0.05, 0.1) is 5.60 Å². The van der Waals surface area contributed by atoms with E-state index in [-0.39, 0.29) is 0 Å². The van der Waals surface area contributed by atoms with E-state index in [1.165, 1.54) is 5.32 Å². The number of alkyl halides is 5. The fourth-order valence-electron chi connectivity index (χ4n) is 0.536. The molecule has 0 aliphatic heterocycles. The molecule has 0 unspecified atom stereocenters. The number of carbonyl (C=O) groups excluding carboxylic acids is 1. The van der Waals surface area contributed by atoms with Gasteiger partial charge in [0.2, 0.25) is 0 Å². The lowest BCUT2D eigenvalue weighted by molar-refractivity contribution is -0.270. The van der Waals surface area contributed by atoms with Gasteiger partial charge >= 0.3 is 12.1 Å². The molecule has 90 valence electrons. The first-order valence-electron chi connectivity index (χ1n) is 3.83. The zero-order chi connectivity index (χ0) is 12.5. The van der Waals surface area contributed by atoms with Crippen molar-refractivity contribution in [1.29, 1.82) is 0 Å². The number of rotatable bonds is 3. The summed E-state index contributed by atoms with van der Waals surface area (Å²) in [4.78, 5) is 10.5. The summed E-state index contributed by atoms with van der Waals surface area (Å²) < 4.78 is 59.5. The second kappa shape index (κ2) is 3.92. The quantitative estimate of drug-likeness (QED) is 0.719. The maximum absolute atomic E-state index is 12.3. The summed E-state index contributed by atoms with van der Waals surface area (Å²) in [5, 5.41) is 10.3. The molecule has 0 spiro atoms. The normalized spacial score (nSPS) is 13.9. The van der Waals surface area contributed by atoms with Crippen molar-refractivity contribution in [2.75, 3.05) is 6.54 Å². The zero-order valence-electron chi connectivity index (χ0n) is 7.95. The van der Waals surface area contributed by atoms with Crippen LogP contribution in [0.2, 0.25) is 0 Å². The van der Waals surface area contributed by atoms with Gasteiger partial charge in [-0.25, -0.2) is 0 Å². The van der Waals surface area contributed by atoms with Crippen LogP contribution in [0.25, 0.3) is 0 Å². The van der Waals surface area contributed by atoms with Crippen LogP contribution in [-0.4, -0.2) is 35.3 Å². The lowest BCUT2D eigenvalue weighted by Gasteiger charge is -2.22. The first-order chi connectivity index (χ1) is 6.38. The van der Waals surface area contributed by atoms with Gasteiger partial charge in [0.15, 0.2) is 0 Å². The third kappa shape index (κ3) is 3.98. The Morgan fingerprint density at radius 2 is 1.60 bits per heavy atom. The molecule has 0 aromatic heterocycles. The number of amides is 1. The van der Waals surface area contributed by atoms with Crippen molar-refractivity contribution in [3.05, 3.63) is 0 Å². The Kier molecular flexibility index (Phi) is 3.67. The van der Waals surface area contributed by atoms with Gasteiger partial charge in [-0.3, -0.25) is 4.79 Å². The summed E-state index contributed by atoms with van der Waals surface area (Å²) in [6.07, 6.45) is -5.93. The van der Waals surface area contributed by atoms with Crippen molar-refractivity contribution in [3.63, 3.8) is 0 Å².